The molecule has 0 aromatic heterocycles. The maximum Gasteiger partial charge on any atom is 0.410 e. The zero-order valence-electron chi connectivity index (χ0n) is 20.5. The van der Waals surface area contributed by atoms with Crippen LogP contribution in [0.4, 0.5) is 9.59 Å². The minimum Gasteiger partial charge on any atom is -0.445 e. The first-order valence-corrected chi connectivity index (χ1v) is 12.4. The van der Waals surface area contributed by atoms with Gasteiger partial charge in [-0.3, -0.25) is 0 Å². The third kappa shape index (κ3) is 9.24. The molecule has 184 valence electrons. The van der Waals surface area contributed by atoms with Crippen LogP contribution in [-0.4, -0.2) is 54.9 Å². The van der Waals surface area contributed by atoms with Crippen molar-refractivity contribution in [1.82, 2.24) is 15.5 Å². The summed E-state index contributed by atoms with van der Waals surface area (Å²) in [5.74, 6) is 1.27. The molecule has 3 rings (SSSR count). The molecule has 2 aliphatic rings. The van der Waals surface area contributed by atoms with Crippen molar-refractivity contribution in [3.63, 3.8) is 0 Å². The number of carbonyl (C=O) groups is 2. The smallest absolute Gasteiger partial charge is 0.410 e. The zero-order valence-corrected chi connectivity index (χ0v) is 20.5. The third-order valence-corrected chi connectivity index (χ3v) is 6.51. The van der Waals surface area contributed by atoms with Crippen molar-refractivity contribution in [3.8, 4) is 0 Å². The van der Waals surface area contributed by atoms with Gasteiger partial charge in [0.15, 0.2) is 0 Å². The third-order valence-electron chi connectivity index (χ3n) is 6.51. The van der Waals surface area contributed by atoms with Crippen LogP contribution in [0.15, 0.2) is 30.3 Å². The van der Waals surface area contributed by atoms with E-state index in [4.69, 9.17) is 9.47 Å². The van der Waals surface area contributed by atoms with Crippen molar-refractivity contribution < 1.29 is 19.1 Å². The van der Waals surface area contributed by atoms with Crippen LogP contribution in [0.5, 0.6) is 0 Å². The second kappa shape index (κ2) is 12.3. The largest absolute Gasteiger partial charge is 0.445 e. The molecular formula is C26H41N3O4. The molecule has 7 heteroatoms. The number of benzene rings is 1. The van der Waals surface area contributed by atoms with Crippen molar-refractivity contribution in [2.75, 3.05) is 26.2 Å². The van der Waals surface area contributed by atoms with E-state index >= 15 is 0 Å². The molecule has 1 saturated heterocycles. The predicted octanol–water partition coefficient (Wildman–Crippen LogP) is 4.71. The number of hydrogen-bond acceptors (Lipinski definition) is 5. The van der Waals surface area contributed by atoms with Gasteiger partial charge in [-0.2, -0.15) is 0 Å². The molecule has 2 N–H and O–H groups in total. The van der Waals surface area contributed by atoms with Crippen LogP contribution in [0.25, 0.3) is 0 Å². The van der Waals surface area contributed by atoms with E-state index in [2.05, 4.69) is 10.6 Å². The summed E-state index contributed by atoms with van der Waals surface area (Å²) in [6, 6.07) is 10.0. The van der Waals surface area contributed by atoms with E-state index in [9.17, 15) is 9.59 Å². The van der Waals surface area contributed by atoms with Gasteiger partial charge in [0, 0.05) is 19.1 Å². The molecule has 2 fully saturated rings. The van der Waals surface area contributed by atoms with Gasteiger partial charge in [-0.15, -0.1) is 0 Å². The van der Waals surface area contributed by atoms with Crippen LogP contribution in [0.3, 0.4) is 0 Å². The molecule has 1 saturated carbocycles. The summed E-state index contributed by atoms with van der Waals surface area (Å²) in [5, 5.41) is 6.67. The van der Waals surface area contributed by atoms with Gasteiger partial charge in [0.1, 0.15) is 12.2 Å². The lowest BCUT2D eigenvalue weighted by Gasteiger charge is -2.33. The average molecular weight is 460 g/mol. The Balaban J connectivity index is 1.24. The summed E-state index contributed by atoms with van der Waals surface area (Å²) in [5.41, 5.74) is 0.559. The molecule has 2 amide bonds. The number of alkyl carbamates (subject to hydrolysis) is 1. The fraction of sp³-hybridized carbons (Fsp3) is 0.692. The van der Waals surface area contributed by atoms with Crippen molar-refractivity contribution >= 4 is 12.2 Å². The molecule has 0 radical (unpaired) electrons. The minimum absolute atomic E-state index is 0.206. The van der Waals surface area contributed by atoms with E-state index in [1.807, 2.05) is 56.0 Å². The van der Waals surface area contributed by atoms with Crippen LogP contribution in [0.1, 0.15) is 64.9 Å². The Morgan fingerprint density at radius 2 is 1.55 bits per heavy atom. The number of carbonyl (C=O) groups excluding carboxylic acids is 2. The molecule has 1 heterocycles. The van der Waals surface area contributed by atoms with E-state index in [1.54, 1.807) is 0 Å². The van der Waals surface area contributed by atoms with E-state index in [0.717, 1.165) is 70.3 Å². The summed E-state index contributed by atoms with van der Waals surface area (Å²) < 4.78 is 10.8. The molecule has 33 heavy (non-hydrogen) atoms. The number of nitrogens with one attached hydrogen (secondary N) is 2. The van der Waals surface area contributed by atoms with Crippen LogP contribution in [0, 0.1) is 11.8 Å². The van der Waals surface area contributed by atoms with Gasteiger partial charge in [-0.25, -0.2) is 9.59 Å². The lowest BCUT2D eigenvalue weighted by molar-refractivity contribution is 0.0486. The second-order valence-corrected chi connectivity index (χ2v) is 10.5. The Morgan fingerprint density at radius 1 is 0.939 bits per heavy atom. The highest BCUT2D eigenvalue weighted by Crippen LogP contribution is 2.24. The highest BCUT2D eigenvalue weighted by molar-refractivity contribution is 5.68. The van der Waals surface area contributed by atoms with Gasteiger partial charge in [-0.05, 0) is 89.8 Å². The molecule has 0 unspecified atom stereocenters. The molecule has 7 nitrogen and oxygen atoms in total. The first-order chi connectivity index (χ1) is 15.8. The Morgan fingerprint density at radius 3 is 2.15 bits per heavy atom. The lowest BCUT2D eigenvalue weighted by atomic mass is 9.86. The summed E-state index contributed by atoms with van der Waals surface area (Å²) in [6.07, 6.45) is 5.78. The Bertz CT molecular complexity index is 734. The van der Waals surface area contributed by atoms with Crippen molar-refractivity contribution in [2.24, 2.45) is 11.8 Å². The number of piperidine rings is 1. The Hall–Kier alpha value is -2.28. The Labute approximate surface area is 198 Å². The zero-order chi connectivity index (χ0) is 23.7. The number of ether oxygens (including phenoxy) is 2. The molecule has 1 aliphatic heterocycles. The number of amides is 2. The SMILES string of the molecule is CC(C)(C)OC(=O)NC1CCC(CNCC2CCN(C(=O)OCc3ccccc3)CC2)CC1. The van der Waals surface area contributed by atoms with E-state index in [-0.39, 0.29) is 18.2 Å². The van der Waals surface area contributed by atoms with Crippen LogP contribution >= 0.6 is 0 Å². The molecule has 1 aromatic rings. The van der Waals surface area contributed by atoms with Crippen LogP contribution in [-0.2, 0) is 16.1 Å². The average Bonchev–Trinajstić information content (AvgIpc) is 2.78. The van der Waals surface area contributed by atoms with E-state index in [1.165, 1.54) is 0 Å². The minimum atomic E-state index is -0.455. The quantitative estimate of drug-likeness (QED) is 0.617. The van der Waals surface area contributed by atoms with Gasteiger partial charge in [0.05, 0.1) is 0 Å². The number of nitrogens with zero attached hydrogens (tertiary/aromatic N) is 1. The van der Waals surface area contributed by atoms with Crippen LogP contribution in [0.2, 0.25) is 0 Å². The van der Waals surface area contributed by atoms with Crippen molar-refractivity contribution in [2.45, 2.75) is 77.5 Å². The molecule has 0 bridgehead atoms. The molecule has 0 atom stereocenters. The number of likely N-dealkylation sites (tertiary alicyclic amines) is 1. The van der Waals surface area contributed by atoms with Gasteiger partial charge < -0.3 is 25.0 Å². The Kier molecular flexibility index (Phi) is 9.41. The van der Waals surface area contributed by atoms with E-state index < -0.39 is 5.60 Å². The first-order valence-electron chi connectivity index (χ1n) is 12.4. The molecule has 1 aromatic carbocycles. The maximum atomic E-state index is 12.3. The predicted molar refractivity (Wildman–Crippen MR) is 129 cm³/mol. The summed E-state index contributed by atoms with van der Waals surface area (Å²) in [6.45, 7) is 9.55. The topological polar surface area (TPSA) is 79.9 Å². The monoisotopic (exact) mass is 459 g/mol. The highest BCUT2D eigenvalue weighted by atomic mass is 16.6. The molecule has 1 aliphatic carbocycles. The first kappa shape index (κ1) is 25.3. The van der Waals surface area contributed by atoms with Gasteiger partial charge >= 0.3 is 12.2 Å². The summed E-state index contributed by atoms with van der Waals surface area (Å²) in [4.78, 5) is 26.1. The fourth-order valence-corrected chi connectivity index (χ4v) is 4.61. The number of hydrogen-bond donors (Lipinski definition) is 2. The van der Waals surface area contributed by atoms with Crippen LogP contribution < -0.4 is 10.6 Å². The number of rotatable bonds is 7. The van der Waals surface area contributed by atoms with Crippen molar-refractivity contribution in [3.05, 3.63) is 35.9 Å². The van der Waals surface area contributed by atoms with Gasteiger partial charge in [0.25, 0.3) is 0 Å². The normalized spacial score (nSPS) is 22.0. The summed E-state index contributed by atoms with van der Waals surface area (Å²) in [7, 11) is 0. The molecular weight excluding hydrogens is 418 g/mol. The fourth-order valence-electron chi connectivity index (χ4n) is 4.61. The van der Waals surface area contributed by atoms with Gasteiger partial charge in [0.2, 0.25) is 0 Å². The summed E-state index contributed by atoms with van der Waals surface area (Å²) >= 11 is 0. The second-order valence-electron chi connectivity index (χ2n) is 10.5. The standard InChI is InChI=1S/C26H41N3O4/c1-26(2,3)33-24(30)28-23-11-9-20(10-12-23)17-27-18-21-13-15-29(16-14-21)25(31)32-19-22-7-5-4-6-8-22/h4-8,20-21,23,27H,9-19H2,1-3H3,(H,28,30). The van der Waals surface area contributed by atoms with E-state index in [0.29, 0.717) is 18.4 Å². The lowest BCUT2D eigenvalue weighted by Crippen LogP contribution is -2.43. The highest BCUT2D eigenvalue weighted by Gasteiger charge is 2.26. The van der Waals surface area contributed by atoms with Gasteiger partial charge in [-0.1, -0.05) is 30.3 Å². The maximum absolute atomic E-state index is 12.3. The van der Waals surface area contributed by atoms with Crippen molar-refractivity contribution in [1.29, 1.82) is 0 Å². The molecule has 0 spiro atoms.